The van der Waals surface area contributed by atoms with Gasteiger partial charge in [0, 0.05) is 0 Å². The topological polar surface area (TPSA) is 76.2 Å². The quantitative estimate of drug-likeness (QED) is 0.371. The summed E-state index contributed by atoms with van der Waals surface area (Å²) in [5, 5.41) is 6.52. The van der Waals surface area contributed by atoms with Crippen LogP contribution in [0.15, 0.2) is 0 Å². The number of amides is 1. The maximum Gasteiger partial charge on any atom is 0.411 e. The Morgan fingerprint density at radius 2 is 2.38 bits per heavy atom. The highest BCUT2D eigenvalue weighted by Crippen LogP contribution is 1.94. The van der Waals surface area contributed by atoms with Crippen molar-refractivity contribution in [2.24, 2.45) is 5.73 Å². The molecular formula is C3H6N2O2S. The fraction of sp³-hybridized carbons (Fsp3) is 0.333. The van der Waals surface area contributed by atoms with E-state index in [-0.39, 0.29) is 5.23 Å². The van der Waals surface area contributed by atoms with Gasteiger partial charge < -0.3 is 10.5 Å². The highest BCUT2D eigenvalue weighted by atomic mass is 32.2. The summed E-state index contributed by atoms with van der Waals surface area (Å²) in [5.74, 6) is 0. The fourth-order valence-electron chi connectivity index (χ4n) is 0.133. The molecule has 0 fully saturated rings. The van der Waals surface area contributed by atoms with Crippen molar-refractivity contribution in [2.45, 2.75) is 0 Å². The van der Waals surface area contributed by atoms with Crippen LogP contribution in [-0.4, -0.2) is 17.6 Å². The highest BCUT2D eigenvalue weighted by molar-refractivity contribution is 8.12. The SMILES string of the molecule is CSC(=N)OC(N)=O. The average Bonchev–Trinajstić information content (AvgIpc) is 1.65. The molecule has 0 saturated carbocycles. The summed E-state index contributed by atoms with van der Waals surface area (Å²) in [4.78, 5) is 9.81. The summed E-state index contributed by atoms with van der Waals surface area (Å²) in [6.45, 7) is 0. The molecule has 0 aliphatic carbocycles. The molecule has 0 heterocycles. The van der Waals surface area contributed by atoms with Crippen LogP contribution < -0.4 is 5.73 Å². The molecule has 1 amide bonds. The summed E-state index contributed by atoms with van der Waals surface area (Å²) >= 11 is 1.01. The van der Waals surface area contributed by atoms with Gasteiger partial charge in [-0.25, -0.2) is 4.79 Å². The summed E-state index contributed by atoms with van der Waals surface area (Å²) in [6.07, 6.45) is 0.676. The summed E-state index contributed by atoms with van der Waals surface area (Å²) in [5.41, 5.74) is 4.55. The highest BCUT2D eigenvalue weighted by Gasteiger charge is 1.96. The van der Waals surface area contributed by atoms with Gasteiger partial charge in [0.25, 0.3) is 5.23 Å². The minimum absolute atomic E-state index is 0.183. The number of thioether (sulfide) groups is 1. The lowest BCUT2D eigenvalue weighted by Gasteiger charge is -1.94. The molecule has 0 rings (SSSR count). The number of hydrogen-bond donors (Lipinski definition) is 2. The zero-order valence-electron chi connectivity index (χ0n) is 4.30. The van der Waals surface area contributed by atoms with Crippen molar-refractivity contribution in [3.05, 3.63) is 0 Å². The number of carbonyl (C=O) groups excluding carboxylic acids is 1. The van der Waals surface area contributed by atoms with E-state index in [0.717, 1.165) is 11.8 Å². The van der Waals surface area contributed by atoms with Crippen LogP contribution in [-0.2, 0) is 4.74 Å². The minimum Gasteiger partial charge on any atom is -0.386 e. The lowest BCUT2D eigenvalue weighted by molar-refractivity contribution is 0.209. The summed E-state index contributed by atoms with van der Waals surface area (Å²) in [7, 11) is 0. The first-order valence-electron chi connectivity index (χ1n) is 1.76. The average molecular weight is 134 g/mol. The van der Waals surface area contributed by atoms with Crippen LogP contribution in [0.4, 0.5) is 4.79 Å². The molecule has 5 heteroatoms. The third-order valence-electron chi connectivity index (χ3n) is 0.379. The zero-order chi connectivity index (χ0) is 6.57. The zero-order valence-corrected chi connectivity index (χ0v) is 5.12. The normalized spacial score (nSPS) is 8.12. The van der Waals surface area contributed by atoms with Crippen LogP contribution in [0, 0.1) is 5.41 Å². The van der Waals surface area contributed by atoms with Gasteiger partial charge >= 0.3 is 6.09 Å². The van der Waals surface area contributed by atoms with E-state index in [1.165, 1.54) is 0 Å². The Labute approximate surface area is 50.9 Å². The third-order valence-corrected chi connectivity index (χ3v) is 0.833. The molecule has 0 spiro atoms. The Morgan fingerprint density at radius 1 is 1.88 bits per heavy atom. The second kappa shape index (κ2) is 3.31. The monoisotopic (exact) mass is 134 g/mol. The summed E-state index contributed by atoms with van der Waals surface area (Å²) < 4.78 is 4.08. The van der Waals surface area contributed by atoms with Gasteiger partial charge in [0.05, 0.1) is 0 Å². The first-order chi connectivity index (χ1) is 3.66. The largest absolute Gasteiger partial charge is 0.411 e. The van der Waals surface area contributed by atoms with Gasteiger partial charge in [-0.05, 0) is 6.26 Å². The number of hydrogen-bond acceptors (Lipinski definition) is 4. The molecule has 0 aliphatic heterocycles. The van der Waals surface area contributed by atoms with Crippen molar-refractivity contribution >= 4 is 23.1 Å². The molecule has 0 bridgehead atoms. The van der Waals surface area contributed by atoms with Crippen LogP contribution in [0.1, 0.15) is 0 Å². The van der Waals surface area contributed by atoms with Crippen LogP contribution >= 0.6 is 11.8 Å². The van der Waals surface area contributed by atoms with Crippen molar-refractivity contribution in [2.75, 3.05) is 6.26 Å². The van der Waals surface area contributed by atoms with Crippen molar-refractivity contribution < 1.29 is 9.53 Å². The number of carbonyl (C=O) groups is 1. The van der Waals surface area contributed by atoms with Crippen LogP contribution in [0.25, 0.3) is 0 Å². The number of ether oxygens (including phenoxy) is 1. The van der Waals surface area contributed by atoms with Gasteiger partial charge in [-0.3, -0.25) is 5.41 Å². The van der Waals surface area contributed by atoms with Crippen LogP contribution in [0.2, 0.25) is 0 Å². The van der Waals surface area contributed by atoms with E-state index in [0.29, 0.717) is 0 Å². The molecule has 4 nitrogen and oxygen atoms in total. The van der Waals surface area contributed by atoms with E-state index in [9.17, 15) is 4.79 Å². The van der Waals surface area contributed by atoms with E-state index >= 15 is 0 Å². The molecule has 0 unspecified atom stereocenters. The molecule has 0 aliphatic rings. The predicted molar refractivity (Wildman–Crippen MR) is 31.9 cm³/mol. The molecule has 0 aromatic heterocycles. The first kappa shape index (κ1) is 7.29. The van der Waals surface area contributed by atoms with Crippen LogP contribution in [0.5, 0.6) is 0 Å². The van der Waals surface area contributed by atoms with E-state index in [4.69, 9.17) is 5.41 Å². The van der Waals surface area contributed by atoms with Gasteiger partial charge in [0.2, 0.25) is 0 Å². The molecule has 3 N–H and O–H groups in total. The van der Waals surface area contributed by atoms with Gasteiger partial charge in [-0.15, -0.1) is 0 Å². The molecule has 0 aromatic rings. The number of nitrogens with two attached hydrogens (primary N) is 1. The van der Waals surface area contributed by atoms with Crippen molar-refractivity contribution in [3.8, 4) is 0 Å². The number of primary amides is 1. The Balaban J connectivity index is 3.40. The Kier molecular flexibility index (Phi) is 3.02. The Bertz CT molecular complexity index is 114. The Morgan fingerprint density at radius 3 is 2.50 bits per heavy atom. The molecular weight excluding hydrogens is 128 g/mol. The maximum atomic E-state index is 9.81. The number of rotatable bonds is 0. The first-order valence-corrected chi connectivity index (χ1v) is 2.99. The minimum atomic E-state index is -0.940. The lowest BCUT2D eigenvalue weighted by Crippen LogP contribution is -2.15. The van der Waals surface area contributed by atoms with E-state index < -0.39 is 6.09 Å². The molecule has 0 radical (unpaired) electrons. The van der Waals surface area contributed by atoms with Gasteiger partial charge in [-0.2, -0.15) is 0 Å². The van der Waals surface area contributed by atoms with Crippen LogP contribution in [0.3, 0.4) is 0 Å². The van der Waals surface area contributed by atoms with Gasteiger partial charge in [-0.1, -0.05) is 11.8 Å². The smallest absolute Gasteiger partial charge is 0.386 e. The predicted octanol–water partition coefficient (Wildman–Crippen LogP) is 0.379. The molecule has 0 saturated heterocycles. The molecule has 0 atom stereocenters. The third kappa shape index (κ3) is 3.48. The second-order valence-electron chi connectivity index (χ2n) is 0.913. The van der Waals surface area contributed by atoms with Gasteiger partial charge in [0.1, 0.15) is 0 Å². The maximum absolute atomic E-state index is 9.81. The Hall–Kier alpha value is -0.710. The lowest BCUT2D eigenvalue weighted by atomic mass is 11.2. The molecule has 46 valence electrons. The standard InChI is InChI=1S/C3H6N2O2S/c1-8-3(5)7-2(4)6/h5H,1H3,(H2,4,6). The second-order valence-corrected chi connectivity index (χ2v) is 1.69. The van der Waals surface area contributed by atoms with Crippen molar-refractivity contribution in [1.29, 1.82) is 5.41 Å². The van der Waals surface area contributed by atoms with Gasteiger partial charge in [0.15, 0.2) is 0 Å². The van der Waals surface area contributed by atoms with E-state index in [1.807, 2.05) is 0 Å². The molecule has 8 heavy (non-hydrogen) atoms. The number of nitrogens with one attached hydrogen (secondary N) is 1. The van der Waals surface area contributed by atoms with E-state index in [1.54, 1.807) is 6.26 Å². The van der Waals surface area contributed by atoms with Crippen molar-refractivity contribution in [3.63, 3.8) is 0 Å². The van der Waals surface area contributed by atoms with Crippen molar-refractivity contribution in [1.82, 2.24) is 0 Å². The fourth-order valence-corrected chi connectivity index (χ4v) is 0.298. The van der Waals surface area contributed by atoms with E-state index in [2.05, 4.69) is 10.5 Å². The summed E-state index contributed by atoms with van der Waals surface area (Å²) in [6, 6.07) is 0. The molecule has 0 aromatic carbocycles.